The lowest BCUT2D eigenvalue weighted by atomic mass is 10.2. The van der Waals surface area contributed by atoms with E-state index in [4.69, 9.17) is 16.3 Å². The van der Waals surface area contributed by atoms with Gasteiger partial charge in [-0.3, -0.25) is 0 Å². The van der Waals surface area contributed by atoms with E-state index >= 15 is 0 Å². The molecule has 0 atom stereocenters. The van der Waals surface area contributed by atoms with Gasteiger partial charge in [0.1, 0.15) is 17.4 Å². The number of benzene rings is 1. The molecule has 2 aromatic heterocycles. The Kier molecular flexibility index (Phi) is 6.15. The van der Waals surface area contributed by atoms with Crippen LogP contribution in [0.2, 0.25) is 5.02 Å². The van der Waals surface area contributed by atoms with E-state index in [0.29, 0.717) is 22.5 Å². The highest BCUT2D eigenvalue weighted by Crippen LogP contribution is 2.29. The zero-order chi connectivity index (χ0) is 20.9. The fraction of sp³-hybridized carbons (Fsp3) is 0.286. The van der Waals surface area contributed by atoms with Gasteiger partial charge in [0.25, 0.3) is 0 Å². The molecule has 1 aliphatic rings. The van der Waals surface area contributed by atoms with Crippen LogP contribution in [0.5, 0.6) is 5.75 Å². The molecule has 8 nitrogen and oxygen atoms in total. The Labute approximate surface area is 180 Å². The van der Waals surface area contributed by atoms with Crippen molar-refractivity contribution >= 4 is 40.6 Å². The third-order valence-corrected chi connectivity index (χ3v) is 5.14. The first-order valence-electron chi connectivity index (χ1n) is 9.75. The maximum atomic E-state index is 6.11. The summed E-state index contributed by atoms with van der Waals surface area (Å²) in [4.78, 5) is 15.8. The molecule has 0 bridgehead atoms. The van der Waals surface area contributed by atoms with Crippen LogP contribution in [0.4, 0.5) is 29.0 Å². The fourth-order valence-electron chi connectivity index (χ4n) is 3.17. The van der Waals surface area contributed by atoms with E-state index in [0.717, 1.165) is 48.9 Å². The molecule has 0 amide bonds. The number of nitrogens with zero attached hydrogens (tertiary/aromatic N) is 4. The van der Waals surface area contributed by atoms with Gasteiger partial charge in [0, 0.05) is 49.7 Å². The van der Waals surface area contributed by atoms with Crippen LogP contribution < -0.4 is 25.6 Å². The van der Waals surface area contributed by atoms with Gasteiger partial charge in [-0.15, -0.1) is 0 Å². The van der Waals surface area contributed by atoms with Gasteiger partial charge in [-0.25, -0.2) is 9.97 Å². The summed E-state index contributed by atoms with van der Waals surface area (Å²) in [6.45, 7) is 5.84. The average Bonchev–Trinajstić information content (AvgIpc) is 2.78. The quantitative estimate of drug-likeness (QED) is 0.550. The second-order valence-electron chi connectivity index (χ2n) is 6.97. The Morgan fingerprint density at radius 1 is 1.03 bits per heavy atom. The van der Waals surface area contributed by atoms with Crippen LogP contribution in [0.1, 0.15) is 5.56 Å². The van der Waals surface area contributed by atoms with Crippen molar-refractivity contribution in [3.8, 4) is 5.75 Å². The zero-order valence-electron chi connectivity index (χ0n) is 16.9. The van der Waals surface area contributed by atoms with Gasteiger partial charge in [0.2, 0.25) is 5.95 Å². The zero-order valence-corrected chi connectivity index (χ0v) is 17.7. The van der Waals surface area contributed by atoms with E-state index in [1.807, 2.05) is 31.2 Å². The topological polar surface area (TPSA) is 87.2 Å². The van der Waals surface area contributed by atoms with Gasteiger partial charge >= 0.3 is 0 Å². The second-order valence-corrected chi connectivity index (χ2v) is 7.37. The standard InChI is InChI=1S/C21H24ClN7O/c1-14-12-25-21(28-20(14)26-15-3-5-17(22)18(11-15)30-2)27-16-4-6-19(24-13-16)29-9-7-23-8-10-29/h3-6,11-13,23H,7-10H2,1-2H3,(H2,25,26,27,28). The molecule has 1 saturated heterocycles. The van der Waals surface area contributed by atoms with Gasteiger partial charge in [0.15, 0.2) is 0 Å². The molecule has 9 heteroatoms. The molecule has 3 N–H and O–H groups in total. The number of nitrogens with one attached hydrogen (secondary N) is 3. The lowest BCUT2D eigenvalue weighted by Crippen LogP contribution is -2.43. The lowest BCUT2D eigenvalue weighted by Gasteiger charge is -2.28. The van der Waals surface area contributed by atoms with E-state index in [9.17, 15) is 0 Å². The summed E-state index contributed by atoms with van der Waals surface area (Å²) in [5, 5.41) is 10.4. The van der Waals surface area contributed by atoms with Crippen molar-refractivity contribution < 1.29 is 4.74 Å². The molecule has 1 aliphatic heterocycles. The van der Waals surface area contributed by atoms with Crippen molar-refractivity contribution in [3.63, 3.8) is 0 Å². The molecular formula is C21H24ClN7O. The Bertz CT molecular complexity index is 1010. The van der Waals surface area contributed by atoms with Gasteiger partial charge in [-0.1, -0.05) is 11.6 Å². The first-order valence-corrected chi connectivity index (χ1v) is 10.1. The number of hydrogen-bond donors (Lipinski definition) is 3. The van der Waals surface area contributed by atoms with Crippen LogP contribution >= 0.6 is 11.6 Å². The van der Waals surface area contributed by atoms with Gasteiger partial charge < -0.3 is 25.6 Å². The molecular weight excluding hydrogens is 402 g/mol. The number of methoxy groups -OCH3 is 1. The third kappa shape index (κ3) is 4.72. The van der Waals surface area contributed by atoms with Crippen molar-refractivity contribution in [2.45, 2.75) is 6.92 Å². The number of anilines is 5. The SMILES string of the molecule is COc1cc(Nc2nc(Nc3ccc(N4CCNCC4)nc3)ncc2C)ccc1Cl. The molecule has 1 fully saturated rings. The number of aromatic nitrogens is 3. The third-order valence-electron chi connectivity index (χ3n) is 4.83. The molecule has 0 aliphatic carbocycles. The Hall–Kier alpha value is -3.10. The number of aryl methyl sites for hydroxylation is 1. The van der Waals surface area contributed by atoms with E-state index < -0.39 is 0 Å². The maximum Gasteiger partial charge on any atom is 0.229 e. The van der Waals surface area contributed by atoms with Crippen molar-refractivity contribution in [1.29, 1.82) is 0 Å². The van der Waals surface area contributed by atoms with E-state index in [1.54, 1.807) is 25.6 Å². The van der Waals surface area contributed by atoms with Crippen molar-refractivity contribution in [1.82, 2.24) is 20.3 Å². The van der Waals surface area contributed by atoms with Gasteiger partial charge in [-0.05, 0) is 31.2 Å². The van der Waals surface area contributed by atoms with Crippen molar-refractivity contribution in [3.05, 3.63) is 53.3 Å². The molecule has 3 heterocycles. The fourth-order valence-corrected chi connectivity index (χ4v) is 3.37. The summed E-state index contributed by atoms with van der Waals surface area (Å²) in [6.07, 6.45) is 3.57. The largest absolute Gasteiger partial charge is 0.495 e. The van der Waals surface area contributed by atoms with Gasteiger partial charge in [-0.2, -0.15) is 4.98 Å². The number of rotatable bonds is 6. The Morgan fingerprint density at radius 2 is 1.83 bits per heavy atom. The molecule has 156 valence electrons. The summed E-state index contributed by atoms with van der Waals surface area (Å²) >= 11 is 6.11. The van der Waals surface area contributed by atoms with Crippen molar-refractivity contribution in [2.75, 3.05) is 48.8 Å². The highest BCUT2D eigenvalue weighted by Gasteiger charge is 2.12. The minimum absolute atomic E-state index is 0.487. The first-order chi connectivity index (χ1) is 14.6. The molecule has 0 saturated carbocycles. The number of hydrogen-bond acceptors (Lipinski definition) is 8. The summed E-state index contributed by atoms with van der Waals surface area (Å²) < 4.78 is 5.28. The predicted molar refractivity (Wildman–Crippen MR) is 121 cm³/mol. The van der Waals surface area contributed by atoms with E-state index in [1.165, 1.54) is 0 Å². The van der Waals surface area contributed by atoms with Crippen molar-refractivity contribution in [2.24, 2.45) is 0 Å². The smallest absolute Gasteiger partial charge is 0.229 e. The normalized spacial score (nSPS) is 13.8. The molecule has 0 unspecified atom stereocenters. The molecule has 3 aromatic rings. The molecule has 30 heavy (non-hydrogen) atoms. The minimum Gasteiger partial charge on any atom is -0.495 e. The molecule has 0 spiro atoms. The summed E-state index contributed by atoms with van der Waals surface area (Å²) in [7, 11) is 1.59. The first kappa shape index (κ1) is 20.2. The molecule has 0 radical (unpaired) electrons. The molecule has 1 aromatic carbocycles. The number of ether oxygens (including phenoxy) is 1. The number of pyridine rings is 1. The van der Waals surface area contributed by atoms with E-state index in [2.05, 4.69) is 35.8 Å². The monoisotopic (exact) mass is 425 g/mol. The Morgan fingerprint density at radius 3 is 2.57 bits per heavy atom. The van der Waals surface area contributed by atoms with Crippen LogP contribution in [-0.4, -0.2) is 48.2 Å². The average molecular weight is 426 g/mol. The van der Waals surface area contributed by atoms with Crippen LogP contribution in [0, 0.1) is 6.92 Å². The highest BCUT2D eigenvalue weighted by molar-refractivity contribution is 6.32. The van der Waals surface area contributed by atoms with Crippen LogP contribution in [0.25, 0.3) is 0 Å². The predicted octanol–water partition coefficient (Wildman–Crippen LogP) is 3.74. The lowest BCUT2D eigenvalue weighted by molar-refractivity contribution is 0.415. The minimum atomic E-state index is 0.487. The summed E-state index contributed by atoms with van der Waals surface area (Å²) in [6, 6.07) is 9.49. The van der Waals surface area contributed by atoms with Gasteiger partial charge in [0.05, 0.1) is 24.0 Å². The molecule has 4 rings (SSSR count). The van der Waals surface area contributed by atoms with Crippen LogP contribution in [0.15, 0.2) is 42.7 Å². The maximum absolute atomic E-state index is 6.11. The number of piperazine rings is 1. The van der Waals surface area contributed by atoms with Crippen LogP contribution in [-0.2, 0) is 0 Å². The summed E-state index contributed by atoms with van der Waals surface area (Å²) in [5.74, 6) is 2.76. The van der Waals surface area contributed by atoms with E-state index in [-0.39, 0.29) is 0 Å². The second kappa shape index (κ2) is 9.15. The Balaban J connectivity index is 1.47. The van der Waals surface area contributed by atoms with Crippen LogP contribution in [0.3, 0.4) is 0 Å². The number of halogens is 1. The highest BCUT2D eigenvalue weighted by atomic mass is 35.5. The summed E-state index contributed by atoms with van der Waals surface area (Å²) in [5.41, 5.74) is 2.57.